The van der Waals surface area contributed by atoms with Gasteiger partial charge >= 0.3 is 0 Å². The van der Waals surface area contributed by atoms with Crippen LogP contribution in [0, 0.1) is 0 Å². The third kappa shape index (κ3) is 2.06. The Morgan fingerprint density at radius 3 is 3.00 bits per heavy atom. The van der Waals surface area contributed by atoms with E-state index in [1.165, 1.54) is 6.42 Å². The van der Waals surface area contributed by atoms with Gasteiger partial charge in [-0.3, -0.25) is 5.32 Å². The SMILES string of the molecule is CC(NC(C)c1nnc2n1CCC2)c1nccs1. The molecule has 2 aromatic rings. The van der Waals surface area contributed by atoms with E-state index in [2.05, 4.69) is 38.9 Å². The van der Waals surface area contributed by atoms with E-state index in [-0.39, 0.29) is 12.1 Å². The highest BCUT2D eigenvalue weighted by Gasteiger charge is 2.22. The summed E-state index contributed by atoms with van der Waals surface area (Å²) in [6, 6.07) is 0.442. The molecule has 2 unspecified atom stereocenters. The minimum Gasteiger partial charge on any atom is -0.314 e. The number of hydrogen-bond donors (Lipinski definition) is 1. The maximum absolute atomic E-state index is 4.34. The lowest BCUT2D eigenvalue weighted by molar-refractivity contribution is 0.458. The van der Waals surface area contributed by atoms with Crippen LogP contribution in [0.4, 0.5) is 0 Å². The van der Waals surface area contributed by atoms with Gasteiger partial charge < -0.3 is 4.57 Å². The van der Waals surface area contributed by atoms with Crippen molar-refractivity contribution in [2.24, 2.45) is 0 Å². The van der Waals surface area contributed by atoms with E-state index < -0.39 is 0 Å². The minimum absolute atomic E-state index is 0.197. The zero-order valence-electron chi connectivity index (χ0n) is 10.6. The van der Waals surface area contributed by atoms with Crippen molar-refractivity contribution in [3.63, 3.8) is 0 Å². The van der Waals surface area contributed by atoms with Gasteiger partial charge in [-0.15, -0.1) is 21.5 Å². The fraction of sp³-hybridized carbons (Fsp3) is 0.583. The maximum atomic E-state index is 4.34. The van der Waals surface area contributed by atoms with Gasteiger partial charge in [-0.25, -0.2) is 4.98 Å². The first kappa shape index (κ1) is 11.8. The highest BCUT2D eigenvalue weighted by molar-refractivity contribution is 7.09. The minimum atomic E-state index is 0.197. The molecule has 18 heavy (non-hydrogen) atoms. The van der Waals surface area contributed by atoms with Crippen molar-refractivity contribution >= 4 is 11.3 Å². The largest absolute Gasteiger partial charge is 0.314 e. The van der Waals surface area contributed by atoms with Crippen molar-refractivity contribution < 1.29 is 0 Å². The summed E-state index contributed by atoms with van der Waals surface area (Å²) >= 11 is 1.68. The zero-order valence-corrected chi connectivity index (χ0v) is 11.4. The Bertz CT molecular complexity index is 519. The number of nitrogens with one attached hydrogen (secondary N) is 1. The van der Waals surface area contributed by atoms with Crippen LogP contribution in [0.5, 0.6) is 0 Å². The van der Waals surface area contributed by atoms with E-state index in [9.17, 15) is 0 Å². The highest BCUT2D eigenvalue weighted by Crippen LogP contribution is 2.22. The fourth-order valence-electron chi connectivity index (χ4n) is 2.46. The summed E-state index contributed by atoms with van der Waals surface area (Å²) in [6.45, 7) is 5.33. The van der Waals surface area contributed by atoms with Gasteiger partial charge in [0.1, 0.15) is 16.7 Å². The molecule has 1 N–H and O–H groups in total. The van der Waals surface area contributed by atoms with Crippen LogP contribution in [0.2, 0.25) is 0 Å². The van der Waals surface area contributed by atoms with Crippen LogP contribution < -0.4 is 5.32 Å². The average Bonchev–Trinajstić information content (AvgIpc) is 3.06. The van der Waals surface area contributed by atoms with Crippen molar-refractivity contribution in [3.8, 4) is 0 Å². The Balaban J connectivity index is 1.73. The first-order valence-electron chi connectivity index (χ1n) is 6.33. The predicted octanol–water partition coefficient (Wildman–Crippen LogP) is 2.09. The standard InChI is InChI=1S/C12H17N5S/c1-8(14-9(2)12-13-5-7-18-12)11-16-15-10-4-3-6-17(10)11/h5,7-9,14H,3-4,6H2,1-2H3. The summed E-state index contributed by atoms with van der Waals surface area (Å²) < 4.78 is 2.24. The first-order valence-corrected chi connectivity index (χ1v) is 7.21. The van der Waals surface area contributed by atoms with E-state index >= 15 is 0 Å². The van der Waals surface area contributed by atoms with Crippen molar-refractivity contribution in [2.45, 2.75) is 45.3 Å². The first-order chi connectivity index (χ1) is 8.75. The number of hydrogen-bond acceptors (Lipinski definition) is 5. The number of nitrogens with zero attached hydrogens (tertiary/aromatic N) is 4. The molecule has 0 radical (unpaired) electrons. The van der Waals surface area contributed by atoms with Crippen LogP contribution in [0.1, 0.15) is 49.0 Å². The Labute approximate surface area is 110 Å². The van der Waals surface area contributed by atoms with Crippen molar-refractivity contribution in [1.29, 1.82) is 0 Å². The number of fused-ring (bicyclic) bond motifs is 1. The van der Waals surface area contributed by atoms with Crippen LogP contribution in [0.15, 0.2) is 11.6 Å². The van der Waals surface area contributed by atoms with Gasteiger partial charge in [-0.1, -0.05) is 0 Å². The molecule has 0 aliphatic carbocycles. The lowest BCUT2D eigenvalue weighted by Gasteiger charge is -2.18. The number of aryl methyl sites for hydroxylation is 1. The third-order valence-corrected chi connectivity index (χ3v) is 4.31. The molecule has 0 bridgehead atoms. The van der Waals surface area contributed by atoms with Gasteiger partial charge in [0.05, 0.1) is 12.1 Å². The molecule has 5 nitrogen and oxygen atoms in total. The number of thiazole rings is 1. The molecule has 3 heterocycles. The summed E-state index contributed by atoms with van der Waals surface area (Å²) in [4.78, 5) is 4.34. The molecule has 0 fully saturated rings. The summed E-state index contributed by atoms with van der Waals surface area (Å²) in [5.74, 6) is 2.17. The van der Waals surface area contributed by atoms with Gasteiger partial charge in [0, 0.05) is 24.5 Å². The molecule has 0 saturated carbocycles. The highest BCUT2D eigenvalue weighted by atomic mass is 32.1. The summed E-state index contributed by atoms with van der Waals surface area (Å²) in [5, 5.41) is 15.2. The smallest absolute Gasteiger partial charge is 0.149 e. The van der Waals surface area contributed by atoms with Crippen molar-refractivity contribution in [2.75, 3.05) is 0 Å². The fourth-order valence-corrected chi connectivity index (χ4v) is 3.12. The second-order valence-electron chi connectivity index (χ2n) is 4.71. The molecule has 1 aliphatic rings. The van der Waals surface area contributed by atoms with E-state index in [1.54, 1.807) is 11.3 Å². The van der Waals surface area contributed by atoms with Crippen molar-refractivity contribution in [3.05, 3.63) is 28.2 Å². The molecule has 0 spiro atoms. The molecule has 0 aromatic carbocycles. The summed E-state index contributed by atoms with van der Waals surface area (Å²) in [6.07, 6.45) is 4.09. The van der Waals surface area contributed by atoms with Crippen LogP contribution in [0.25, 0.3) is 0 Å². The molecule has 96 valence electrons. The van der Waals surface area contributed by atoms with Crippen LogP contribution in [-0.4, -0.2) is 19.7 Å². The lowest BCUT2D eigenvalue weighted by atomic mass is 10.2. The van der Waals surface area contributed by atoms with E-state index in [1.807, 2.05) is 11.6 Å². The second-order valence-corrected chi connectivity index (χ2v) is 5.64. The van der Waals surface area contributed by atoms with Crippen LogP contribution >= 0.6 is 11.3 Å². The number of rotatable bonds is 4. The van der Waals surface area contributed by atoms with Gasteiger partial charge in [0.25, 0.3) is 0 Å². The molecular weight excluding hydrogens is 246 g/mol. The van der Waals surface area contributed by atoms with Gasteiger partial charge in [-0.2, -0.15) is 0 Å². The van der Waals surface area contributed by atoms with Crippen LogP contribution in [0.3, 0.4) is 0 Å². The lowest BCUT2D eigenvalue weighted by Crippen LogP contribution is -2.25. The molecule has 3 rings (SSSR count). The van der Waals surface area contributed by atoms with Crippen molar-refractivity contribution in [1.82, 2.24) is 25.1 Å². The quantitative estimate of drug-likeness (QED) is 0.917. The van der Waals surface area contributed by atoms with E-state index in [0.717, 1.165) is 29.6 Å². The molecule has 2 atom stereocenters. The third-order valence-electron chi connectivity index (χ3n) is 3.35. The van der Waals surface area contributed by atoms with Gasteiger partial charge in [0.15, 0.2) is 0 Å². The molecule has 0 saturated heterocycles. The number of aromatic nitrogens is 4. The molecule has 0 amide bonds. The Morgan fingerprint density at radius 2 is 2.22 bits per heavy atom. The second kappa shape index (κ2) is 4.78. The van der Waals surface area contributed by atoms with Crippen LogP contribution in [-0.2, 0) is 13.0 Å². The zero-order chi connectivity index (χ0) is 12.5. The Morgan fingerprint density at radius 1 is 1.33 bits per heavy atom. The molecule has 6 heteroatoms. The topological polar surface area (TPSA) is 55.6 Å². The Kier molecular flexibility index (Phi) is 3.13. The van der Waals surface area contributed by atoms with Gasteiger partial charge in [-0.05, 0) is 20.3 Å². The van der Waals surface area contributed by atoms with Gasteiger partial charge in [0.2, 0.25) is 0 Å². The monoisotopic (exact) mass is 263 g/mol. The average molecular weight is 263 g/mol. The summed E-state index contributed by atoms with van der Waals surface area (Å²) in [5.41, 5.74) is 0. The molecule has 1 aliphatic heterocycles. The summed E-state index contributed by atoms with van der Waals surface area (Å²) in [7, 11) is 0. The molecular formula is C12H17N5S. The van der Waals surface area contributed by atoms with E-state index in [0.29, 0.717) is 0 Å². The predicted molar refractivity (Wildman–Crippen MR) is 70.4 cm³/mol. The molecule has 2 aromatic heterocycles. The van der Waals surface area contributed by atoms with E-state index in [4.69, 9.17) is 0 Å². The normalized spacial score (nSPS) is 17.7. The maximum Gasteiger partial charge on any atom is 0.149 e. The Hall–Kier alpha value is -1.27.